The molecule has 0 aliphatic carbocycles. The molecule has 2 rings (SSSR count). The highest BCUT2D eigenvalue weighted by atomic mass is 79.9. The van der Waals surface area contributed by atoms with E-state index < -0.39 is 0 Å². The van der Waals surface area contributed by atoms with Crippen LogP contribution in [-0.4, -0.2) is 4.98 Å². The summed E-state index contributed by atoms with van der Waals surface area (Å²) in [6, 6.07) is 3.97. The summed E-state index contributed by atoms with van der Waals surface area (Å²) in [7, 11) is 0. The fraction of sp³-hybridized carbons (Fsp3) is 0.100. The minimum absolute atomic E-state index is 0.483. The van der Waals surface area contributed by atoms with Gasteiger partial charge in [-0.15, -0.1) is 0 Å². The Kier molecular flexibility index (Phi) is 2.69. The Bertz CT molecular complexity index is 511. The first-order valence-electron chi connectivity index (χ1n) is 3.99. The first-order valence-corrected chi connectivity index (χ1v) is 5.54. The molecule has 2 aromatic rings. The predicted octanol–water partition coefficient (Wildman–Crippen LogP) is 4.61. The van der Waals surface area contributed by atoms with Crippen molar-refractivity contribution >= 4 is 50.0 Å². The molecule has 0 N–H and O–H groups in total. The van der Waals surface area contributed by atoms with Crippen molar-refractivity contribution in [2.75, 3.05) is 0 Å². The van der Waals surface area contributed by atoms with Crippen LogP contribution < -0.4 is 0 Å². The Morgan fingerprint density at radius 2 is 2.00 bits per heavy atom. The van der Waals surface area contributed by atoms with Crippen LogP contribution in [0.3, 0.4) is 0 Å². The van der Waals surface area contributed by atoms with Gasteiger partial charge in [0, 0.05) is 16.1 Å². The number of rotatable bonds is 0. The van der Waals surface area contributed by atoms with Gasteiger partial charge in [-0.2, -0.15) is 0 Å². The molecule has 0 bridgehead atoms. The summed E-state index contributed by atoms with van der Waals surface area (Å²) in [5, 5.41) is 1.92. The molecule has 0 radical (unpaired) electrons. The van der Waals surface area contributed by atoms with Crippen molar-refractivity contribution < 1.29 is 0 Å². The Hall–Kier alpha value is -0.310. The van der Waals surface area contributed by atoms with E-state index in [0.29, 0.717) is 10.0 Å². The maximum atomic E-state index is 6.08. The van der Waals surface area contributed by atoms with Crippen molar-refractivity contribution in [3.05, 3.63) is 38.4 Å². The zero-order chi connectivity index (χ0) is 10.3. The van der Waals surface area contributed by atoms with Crippen LogP contribution in [0.5, 0.6) is 0 Å². The summed E-state index contributed by atoms with van der Waals surface area (Å²) >= 11 is 15.4. The van der Waals surface area contributed by atoms with E-state index >= 15 is 0 Å². The Balaban J connectivity index is 2.95. The van der Waals surface area contributed by atoms with Gasteiger partial charge in [0.2, 0.25) is 0 Å². The summed E-state index contributed by atoms with van der Waals surface area (Å²) in [5.74, 6) is 0. The number of benzene rings is 1. The van der Waals surface area contributed by atoms with Gasteiger partial charge in [0.15, 0.2) is 0 Å². The summed E-state index contributed by atoms with van der Waals surface area (Å²) in [5.41, 5.74) is 1.96. The highest BCUT2D eigenvalue weighted by molar-refractivity contribution is 9.10. The lowest BCUT2D eigenvalue weighted by molar-refractivity contribution is 1.38. The highest BCUT2D eigenvalue weighted by Crippen LogP contribution is 2.33. The number of hydrogen-bond donors (Lipinski definition) is 0. The van der Waals surface area contributed by atoms with E-state index in [1.54, 1.807) is 6.20 Å². The van der Waals surface area contributed by atoms with Gasteiger partial charge in [-0.05, 0) is 40.5 Å². The maximum absolute atomic E-state index is 6.08. The first kappa shape index (κ1) is 10.2. The lowest BCUT2D eigenvalue weighted by atomic mass is 10.1. The second-order valence-electron chi connectivity index (χ2n) is 3.06. The third kappa shape index (κ3) is 1.62. The Labute approximate surface area is 100 Å². The van der Waals surface area contributed by atoms with E-state index in [9.17, 15) is 0 Å². The van der Waals surface area contributed by atoms with Crippen LogP contribution in [0.25, 0.3) is 10.9 Å². The second-order valence-corrected chi connectivity index (χ2v) is 4.70. The van der Waals surface area contributed by atoms with E-state index in [1.165, 1.54) is 0 Å². The molecule has 0 unspecified atom stereocenters. The van der Waals surface area contributed by atoms with Gasteiger partial charge in [0.1, 0.15) is 0 Å². The van der Waals surface area contributed by atoms with E-state index in [2.05, 4.69) is 20.9 Å². The minimum Gasteiger partial charge on any atom is -0.253 e. The number of fused-ring (bicyclic) bond motifs is 1. The average molecular weight is 291 g/mol. The van der Waals surface area contributed by atoms with Crippen LogP contribution in [0.15, 0.2) is 22.8 Å². The summed E-state index contributed by atoms with van der Waals surface area (Å²) in [6.45, 7) is 2.00. The lowest BCUT2D eigenvalue weighted by Gasteiger charge is -2.04. The smallest absolute Gasteiger partial charge is 0.0860 e. The monoisotopic (exact) mass is 289 g/mol. The third-order valence-corrected chi connectivity index (χ3v) is 3.36. The van der Waals surface area contributed by atoms with Crippen LogP contribution in [-0.2, 0) is 0 Å². The van der Waals surface area contributed by atoms with E-state index in [1.807, 2.05) is 19.1 Å². The molecule has 0 amide bonds. The number of aryl methyl sites for hydroxylation is 1. The van der Waals surface area contributed by atoms with Gasteiger partial charge in [-0.1, -0.05) is 23.2 Å². The van der Waals surface area contributed by atoms with Crippen molar-refractivity contribution in [2.45, 2.75) is 6.92 Å². The van der Waals surface area contributed by atoms with E-state index in [-0.39, 0.29) is 0 Å². The van der Waals surface area contributed by atoms with Crippen molar-refractivity contribution in [2.24, 2.45) is 0 Å². The SMILES string of the molecule is Cc1cc(Br)c2ncc(Cl)c(Cl)c2c1. The molecule has 4 heteroatoms. The van der Waals surface area contributed by atoms with Crippen molar-refractivity contribution in [1.82, 2.24) is 4.98 Å². The van der Waals surface area contributed by atoms with Crippen molar-refractivity contribution in [3.63, 3.8) is 0 Å². The molecule has 14 heavy (non-hydrogen) atoms. The predicted molar refractivity (Wildman–Crippen MR) is 64.2 cm³/mol. The molecule has 1 aromatic carbocycles. The van der Waals surface area contributed by atoms with Gasteiger partial charge in [0.25, 0.3) is 0 Å². The van der Waals surface area contributed by atoms with Crippen molar-refractivity contribution in [3.8, 4) is 0 Å². The van der Waals surface area contributed by atoms with Gasteiger partial charge in [-0.25, -0.2) is 0 Å². The Morgan fingerprint density at radius 3 is 2.71 bits per heavy atom. The third-order valence-electron chi connectivity index (χ3n) is 1.96. The number of halogens is 3. The number of nitrogens with zero attached hydrogens (tertiary/aromatic N) is 1. The highest BCUT2D eigenvalue weighted by Gasteiger charge is 2.08. The van der Waals surface area contributed by atoms with Crippen LogP contribution in [0.4, 0.5) is 0 Å². The topological polar surface area (TPSA) is 12.9 Å². The molecule has 0 saturated heterocycles. The zero-order valence-corrected chi connectivity index (χ0v) is 10.4. The van der Waals surface area contributed by atoms with E-state index in [4.69, 9.17) is 23.2 Å². The Morgan fingerprint density at radius 1 is 1.29 bits per heavy atom. The summed E-state index contributed by atoms with van der Waals surface area (Å²) < 4.78 is 0.936. The number of aromatic nitrogens is 1. The van der Waals surface area contributed by atoms with Crippen LogP contribution in [0.1, 0.15) is 5.56 Å². The molecule has 1 aromatic heterocycles. The fourth-order valence-electron chi connectivity index (χ4n) is 1.34. The molecule has 0 spiro atoms. The van der Waals surface area contributed by atoms with Crippen LogP contribution in [0.2, 0.25) is 10.0 Å². The average Bonchev–Trinajstić information content (AvgIpc) is 2.12. The van der Waals surface area contributed by atoms with Gasteiger partial charge in [0.05, 0.1) is 15.6 Å². The largest absolute Gasteiger partial charge is 0.253 e. The van der Waals surface area contributed by atoms with Crippen LogP contribution >= 0.6 is 39.1 Å². The molecule has 1 nitrogen and oxygen atoms in total. The fourth-order valence-corrected chi connectivity index (χ4v) is 2.36. The molecule has 0 fully saturated rings. The molecular weight excluding hydrogens is 285 g/mol. The molecule has 72 valence electrons. The first-order chi connectivity index (χ1) is 6.59. The van der Waals surface area contributed by atoms with E-state index in [0.717, 1.165) is 20.9 Å². The lowest BCUT2D eigenvalue weighted by Crippen LogP contribution is -1.84. The molecule has 1 heterocycles. The van der Waals surface area contributed by atoms with Gasteiger partial charge >= 0.3 is 0 Å². The molecule has 0 atom stereocenters. The second kappa shape index (κ2) is 3.69. The minimum atomic E-state index is 0.483. The quantitative estimate of drug-likeness (QED) is 0.690. The number of hydrogen-bond acceptors (Lipinski definition) is 1. The van der Waals surface area contributed by atoms with Gasteiger partial charge < -0.3 is 0 Å². The standard InChI is InChI=1S/C10H6BrCl2N/c1-5-2-6-9(13)8(12)4-14-10(6)7(11)3-5/h2-4H,1H3. The van der Waals surface area contributed by atoms with Crippen molar-refractivity contribution in [1.29, 1.82) is 0 Å². The normalized spacial score (nSPS) is 10.9. The molecule has 0 saturated carbocycles. The summed E-state index contributed by atoms with van der Waals surface area (Å²) in [6.07, 6.45) is 1.56. The van der Waals surface area contributed by atoms with Gasteiger partial charge in [-0.3, -0.25) is 4.98 Å². The maximum Gasteiger partial charge on any atom is 0.0860 e. The molecule has 0 aliphatic heterocycles. The number of pyridine rings is 1. The van der Waals surface area contributed by atoms with Crippen LogP contribution in [0, 0.1) is 6.92 Å². The molecular formula is C10H6BrCl2N. The zero-order valence-electron chi connectivity index (χ0n) is 7.31. The molecule has 0 aliphatic rings. The summed E-state index contributed by atoms with van der Waals surface area (Å²) in [4.78, 5) is 4.22.